The van der Waals surface area contributed by atoms with Crippen molar-refractivity contribution in [2.75, 3.05) is 13.6 Å². The molecule has 0 amide bonds. The number of fused-ring (bicyclic) bond motifs is 1. The number of aromatic nitrogens is 3. The molecule has 0 unspecified atom stereocenters. The lowest BCUT2D eigenvalue weighted by Crippen LogP contribution is -2.19. The van der Waals surface area contributed by atoms with Gasteiger partial charge in [0.2, 0.25) is 0 Å². The molecule has 0 fully saturated rings. The van der Waals surface area contributed by atoms with E-state index >= 15 is 0 Å². The molecular weight excluding hydrogens is 180 g/mol. The Hall–Kier alpha value is -1.75. The molecule has 5 nitrogen and oxygen atoms in total. The molecule has 2 rings (SSSR count). The highest BCUT2D eigenvalue weighted by Gasteiger charge is 2.10. The second-order valence-electron chi connectivity index (χ2n) is 2.90. The van der Waals surface area contributed by atoms with E-state index in [9.17, 15) is 4.79 Å². The third-order valence-corrected chi connectivity index (χ3v) is 1.94. The molecule has 0 saturated heterocycles. The summed E-state index contributed by atoms with van der Waals surface area (Å²) >= 11 is 0. The molecular formula is C9H10N4O. The highest BCUT2D eigenvalue weighted by Crippen LogP contribution is 2.07. The van der Waals surface area contributed by atoms with Gasteiger partial charge >= 0.3 is 0 Å². The lowest BCUT2D eigenvalue weighted by Gasteiger charge is -2.00. The number of carbonyl (C=O) groups is 1. The number of rotatable bonds is 3. The van der Waals surface area contributed by atoms with Crippen LogP contribution in [0.4, 0.5) is 0 Å². The van der Waals surface area contributed by atoms with Crippen LogP contribution in [0.2, 0.25) is 0 Å². The van der Waals surface area contributed by atoms with Crippen LogP contribution in [-0.2, 0) is 0 Å². The number of carbonyl (C=O) groups excluding carboxylic acids is 1. The van der Waals surface area contributed by atoms with Crippen LogP contribution in [0, 0.1) is 0 Å². The van der Waals surface area contributed by atoms with E-state index in [1.54, 1.807) is 29.9 Å². The molecule has 2 heterocycles. The molecule has 0 aromatic carbocycles. The van der Waals surface area contributed by atoms with E-state index in [4.69, 9.17) is 0 Å². The van der Waals surface area contributed by atoms with Crippen molar-refractivity contribution in [3.05, 3.63) is 30.2 Å². The average Bonchev–Trinajstić information content (AvgIpc) is 2.65. The Morgan fingerprint density at radius 2 is 2.50 bits per heavy atom. The molecule has 5 heteroatoms. The van der Waals surface area contributed by atoms with Gasteiger partial charge in [0, 0.05) is 6.20 Å². The lowest BCUT2D eigenvalue weighted by atomic mass is 10.2. The highest BCUT2D eigenvalue weighted by molar-refractivity contribution is 6.02. The number of pyridine rings is 1. The summed E-state index contributed by atoms with van der Waals surface area (Å²) < 4.78 is 1.59. The van der Waals surface area contributed by atoms with Crippen molar-refractivity contribution in [1.29, 1.82) is 0 Å². The van der Waals surface area contributed by atoms with E-state index in [0.29, 0.717) is 17.8 Å². The summed E-state index contributed by atoms with van der Waals surface area (Å²) in [5, 5.41) is 6.77. The van der Waals surface area contributed by atoms with Gasteiger partial charge in [0.15, 0.2) is 11.4 Å². The van der Waals surface area contributed by atoms with Gasteiger partial charge in [0.25, 0.3) is 0 Å². The maximum Gasteiger partial charge on any atom is 0.180 e. The molecule has 2 aromatic rings. The van der Waals surface area contributed by atoms with Gasteiger partial charge < -0.3 is 5.32 Å². The fourth-order valence-corrected chi connectivity index (χ4v) is 1.32. The first-order chi connectivity index (χ1) is 6.83. The van der Waals surface area contributed by atoms with Crippen LogP contribution in [0.3, 0.4) is 0 Å². The first-order valence-electron chi connectivity index (χ1n) is 4.29. The Kier molecular flexibility index (Phi) is 2.24. The van der Waals surface area contributed by atoms with Crippen molar-refractivity contribution in [1.82, 2.24) is 19.9 Å². The Morgan fingerprint density at radius 3 is 3.29 bits per heavy atom. The van der Waals surface area contributed by atoms with Gasteiger partial charge in [-0.05, 0) is 19.2 Å². The molecule has 72 valence electrons. The SMILES string of the molecule is CNCC(=O)c1cccn2ncnc12. The van der Waals surface area contributed by atoms with Crippen LogP contribution in [0.5, 0.6) is 0 Å². The first-order valence-corrected chi connectivity index (χ1v) is 4.29. The standard InChI is InChI=1S/C9H10N4O/c1-10-5-8(14)7-3-2-4-13-9(7)11-6-12-13/h2-4,6,10H,5H2,1H3. The van der Waals surface area contributed by atoms with Crippen LogP contribution in [0.15, 0.2) is 24.7 Å². The smallest absolute Gasteiger partial charge is 0.180 e. The van der Waals surface area contributed by atoms with Crippen molar-refractivity contribution in [3.63, 3.8) is 0 Å². The van der Waals surface area contributed by atoms with Gasteiger partial charge in [-0.15, -0.1) is 0 Å². The van der Waals surface area contributed by atoms with E-state index < -0.39 is 0 Å². The number of ketones is 1. The van der Waals surface area contributed by atoms with Gasteiger partial charge in [0.05, 0.1) is 12.1 Å². The zero-order valence-electron chi connectivity index (χ0n) is 7.77. The predicted molar refractivity (Wildman–Crippen MR) is 51.2 cm³/mol. The second kappa shape index (κ2) is 3.55. The van der Waals surface area contributed by atoms with Crippen LogP contribution in [0.1, 0.15) is 10.4 Å². The summed E-state index contributed by atoms with van der Waals surface area (Å²) in [7, 11) is 1.74. The molecule has 0 aliphatic rings. The van der Waals surface area contributed by atoms with Crippen LogP contribution < -0.4 is 5.32 Å². The molecule has 0 spiro atoms. The van der Waals surface area contributed by atoms with E-state index in [0.717, 1.165) is 0 Å². The third kappa shape index (κ3) is 1.38. The maximum atomic E-state index is 11.6. The summed E-state index contributed by atoms with van der Waals surface area (Å²) in [4.78, 5) is 15.6. The molecule has 0 bridgehead atoms. The quantitative estimate of drug-likeness (QED) is 0.699. The highest BCUT2D eigenvalue weighted by atomic mass is 16.1. The van der Waals surface area contributed by atoms with E-state index in [1.165, 1.54) is 6.33 Å². The van der Waals surface area contributed by atoms with Crippen molar-refractivity contribution < 1.29 is 4.79 Å². The van der Waals surface area contributed by atoms with Gasteiger partial charge in [-0.3, -0.25) is 4.79 Å². The van der Waals surface area contributed by atoms with E-state index in [-0.39, 0.29) is 5.78 Å². The van der Waals surface area contributed by atoms with Crippen LogP contribution >= 0.6 is 0 Å². The molecule has 1 N–H and O–H groups in total. The minimum atomic E-state index is 0.0195. The maximum absolute atomic E-state index is 11.6. The first kappa shape index (κ1) is 8.83. The number of hydrogen-bond acceptors (Lipinski definition) is 4. The second-order valence-corrected chi connectivity index (χ2v) is 2.90. The van der Waals surface area contributed by atoms with Gasteiger partial charge in [-0.2, -0.15) is 5.10 Å². The van der Waals surface area contributed by atoms with Crippen molar-refractivity contribution >= 4 is 11.4 Å². The van der Waals surface area contributed by atoms with E-state index in [2.05, 4.69) is 15.4 Å². The van der Waals surface area contributed by atoms with Crippen LogP contribution in [-0.4, -0.2) is 34.0 Å². The summed E-state index contributed by atoms with van der Waals surface area (Å²) in [6.07, 6.45) is 3.20. The zero-order valence-corrected chi connectivity index (χ0v) is 7.77. The fourth-order valence-electron chi connectivity index (χ4n) is 1.32. The number of Topliss-reactive ketones (excluding diaryl/α,β-unsaturated/α-hetero) is 1. The molecule has 0 aliphatic carbocycles. The lowest BCUT2D eigenvalue weighted by molar-refractivity contribution is 0.0994. The van der Waals surface area contributed by atoms with E-state index in [1.807, 2.05) is 0 Å². The van der Waals surface area contributed by atoms with Crippen molar-refractivity contribution in [2.24, 2.45) is 0 Å². The summed E-state index contributed by atoms with van der Waals surface area (Å²) in [6.45, 7) is 0.312. The van der Waals surface area contributed by atoms with Crippen molar-refractivity contribution in [2.45, 2.75) is 0 Å². The summed E-state index contributed by atoms with van der Waals surface area (Å²) in [5.41, 5.74) is 1.20. The monoisotopic (exact) mass is 190 g/mol. The number of likely N-dealkylation sites (N-methyl/N-ethyl adjacent to an activating group) is 1. The Balaban J connectivity index is 2.50. The van der Waals surface area contributed by atoms with Gasteiger partial charge in [-0.25, -0.2) is 9.50 Å². The van der Waals surface area contributed by atoms with Gasteiger partial charge in [-0.1, -0.05) is 0 Å². The zero-order chi connectivity index (χ0) is 9.97. The number of hydrogen-bond donors (Lipinski definition) is 1. The normalized spacial score (nSPS) is 10.6. The topological polar surface area (TPSA) is 59.3 Å². The minimum Gasteiger partial charge on any atom is -0.313 e. The molecule has 2 aromatic heterocycles. The third-order valence-electron chi connectivity index (χ3n) is 1.94. The molecule has 14 heavy (non-hydrogen) atoms. The average molecular weight is 190 g/mol. The molecule has 0 aliphatic heterocycles. The fraction of sp³-hybridized carbons (Fsp3) is 0.222. The van der Waals surface area contributed by atoms with Crippen molar-refractivity contribution in [3.8, 4) is 0 Å². The predicted octanol–water partition coefficient (Wildman–Crippen LogP) is 0.131. The molecule has 0 radical (unpaired) electrons. The summed E-state index contributed by atoms with van der Waals surface area (Å²) in [6, 6.07) is 3.54. The summed E-state index contributed by atoms with van der Waals surface area (Å²) in [5.74, 6) is 0.0195. The molecule has 0 saturated carbocycles. The Labute approximate surface area is 80.8 Å². The minimum absolute atomic E-state index is 0.0195. The Bertz CT molecular complexity index is 463. The number of nitrogens with one attached hydrogen (secondary N) is 1. The Morgan fingerprint density at radius 1 is 1.64 bits per heavy atom. The molecule has 0 atom stereocenters. The largest absolute Gasteiger partial charge is 0.313 e. The van der Waals surface area contributed by atoms with Crippen LogP contribution in [0.25, 0.3) is 5.65 Å². The van der Waals surface area contributed by atoms with Gasteiger partial charge in [0.1, 0.15) is 6.33 Å². The number of nitrogens with zero attached hydrogens (tertiary/aromatic N) is 3.